The molecule has 0 aromatic carbocycles. The third-order valence-corrected chi connectivity index (χ3v) is 3.20. The van der Waals surface area contributed by atoms with Crippen LogP contribution in [0, 0.1) is 11.8 Å². The molecule has 1 heterocycles. The van der Waals surface area contributed by atoms with Gasteiger partial charge < -0.3 is 15.2 Å². The van der Waals surface area contributed by atoms with Gasteiger partial charge in [-0.15, -0.1) is 0 Å². The predicted molar refractivity (Wildman–Crippen MR) is 53.4 cm³/mol. The SMILES string of the molecule is O=c1nc(C2CC(CO)C2CO)cc[nH]1. The number of aromatic nitrogens is 2. The zero-order valence-corrected chi connectivity index (χ0v) is 8.26. The predicted octanol–water partition coefficient (Wildman–Crippen LogP) is -0.526. The molecule has 3 unspecified atom stereocenters. The maximum atomic E-state index is 11.0. The van der Waals surface area contributed by atoms with E-state index < -0.39 is 0 Å². The molecule has 3 N–H and O–H groups in total. The third-order valence-electron chi connectivity index (χ3n) is 3.20. The Bertz CT molecular complexity index is 390. The number of aromatic amines is 1. The number of rotatable bonds is 3. The first-order chi connectivity index (χ1) is 7.26. The highest BCUT2D eigenvalue weighted by atomic mass is 16.3. The second kappa shape index (κ2) is 4.12. The van der Waals surface area contributed by atoms with Crippen molar-refractivity contribution < 1.29 is 10.2 Å². The maximum Gasteiger partial charge on any atom is 0.345 e. The van der Waals surface area contributed by atoms with Gasteiger partial charge in [-0.25, -0.2) is 4.79 Å². The van der Waals surface area contributed by atoms with Crippen LogP contribution in [0.4, 0.5) is 0 Å². The number of aliphatic hydroxyl groups is 2. The fourth-order valence-corrected chi connectivity index (χ4v) is 2.23. The molecule has 5 nitrogen and oxygen atoms in total. The van der Waals surface area contributed by atoms with Crippen molar-refractivity contribution in [3.8, 4) is 0 Å². The molecular weight excluding hydrogens is 196 g/mol. The topological polar surface area (TPSA) is 86.2 Å². The molecule has 5 heteroatoms. The van der Waals surface area contributed by atoms with Gasteiger partial charge in [0.25, 0.3) is 0 Å². The molecule has 1 saturated carbocycles. The highest BCUT2D eigenvalue weighted by molar-refractivity contribution is 5.13. The molecule has 0 amide bonds. The molecule has 1 aliphatic rings. The van der Waals surface area contributed by atoms with E-state index in [0.717, 1.165) is 6.42 Å². The fourth-order valence-electron chi connectivity index (χ4n) is 2.23. The van der Waals surface area contributed by atoms with Crippen molar-refractivity contribution in [1.82, 2.24) is 9.97 Å². The van der Waals surface area contributed by atoms with E-state index >= 15 is 0 Å². The van der Waals surface area contributed by atoms with Crippen molar-refractivity contribution in [3.05, 3.63) is 28.4 Å². The average Bonchev–Trinajstić information content (AvgIpc) is 2.18. The summed E-state index contributed by atoms with van der Waals surface area (Å²) in [6, 6.07) is 1.75. The molecule has 0 bridgehead atoms. The van der Waals surface area contributed by atoms with Crippen molar-refractivity contribution in [2.75, 3.05) is 13.2 Å². The zero-order valence-electron chi connectivity index (χ0n) is 8.26. The van der Waals surface area contributed by atoms with Crippen molar-refractivity contribution in [2.45, 2.75) is 12.3 Å². The molecule has 0 aliphatic heterocycles. The molecule has 1 aromatic rings. The van der Waals surface area contributed by atoms with E-state index in [1.54, 1.807) is 12.3 Å². The number of H-pyrrole nitrogens is 1. The van der Waals surface area contributed by atoms with E-state index in [4.69, 9.17) is 10.2 Å². The van der Waals surface area contributed by atoms with Gasteiger partial charge in [0.1, 0.15) is 0 Å². The largest absolute Gasteiger partial charge is 0.396 e. The summed E-state index contributed by atoms with van der Waals surface area (Å²) < 4.78 is 0. The smallest absolute Gasteiger partial charge is 0.345 e. The molecule has 82 valence electrons. The Morgan fingerprint density at radius 3 is 2.87 bits per heavy atom. The number of nitrogens with one attached hydrogen (secondary N) is 1. The lowest BCUT2D eigenvalue weighted by molar-refractivity contribution is 0.0205. The van der Waals surface area contributed by atoms with E-state index in [-0.39, 0.29) is 36.7 Å². The van der Waals surface area contributed by atoms with Gasteiger partial charge in [-0.3, -0.25) is 0 Å². The van der Waals surface area contributed by atoms with Crippen LogP contribution >= 0.6 is 0 Å². The first-order valence-electron chi connectivity index (χ1n) is 5.03. The summed E-state index contributed by atoms with van der Waals surface area (Å²) in [5.74, 6) is 0.278. The molecule has 2 rings (SSSR count). The van der Waals surface area contributed by atoms with Crippen LogP contribution in [-0.2, 0) is 0 Å². The Labute approximate surface area is 86.8 Å². The summed E-state index contributed by atoms with van der Waals surface area (Å²) in [6.45, 7) is 0.120. The summed E-state index contributed by atoms with van der Waals surface area (Å²) in [4.78, 5) is 17.3. The van der Waals surface area contributed by atoms with Gasteiger partial charge >= 0.3 is 5.69 Å². The minimum absolute atomic E-state index is 0.0318. The highest BCUT2D eigenvalue weighted by Crippen LogP contribution is 2.45. The van der Waals surface area contributed by atoms with Crippen molar-refractivity contribution >= 4 is 0 Å². The summed E-state index contributed by atoms with van der Waals surface area (Å²) in [6.07, 6.45) is 2.35. The van der Waals surface area contributed by atoms with Crippen LogP contribution in [0.2, 0.25) is 0 Å². The zero-order chi connectivity index (χ0) is 10.8. The first-order valence-corrected chi connectivity index (χ1v) is 5.03. The lowest BCUT2D eigenvalue weighted by Gasteiger charge is -2.42. The lowest BCUT2D eigenvalue weighted by atomic mass is 9.64. The number of hydrogen-bond acceptors (Lipinski definition) is 4. The van der Waals surface area contributed by atoms with E-state index in [1.807, 2.05) is 0 Å². The minimum atomic E-state index is -0.364. The molecule has 0 spiro atoms. The van der Waals surface area contributed by atoms with Gasteiger partial charge in [0.15, 0.2) is 0 Å². The van der Waals surface area contributed by atoms with Crippen LogP contribution < -0.4 is 5.69 Å². The van der Waals surface area contributed by atoms with Crippen LogP contribution in [0.3, 0.4) is 0 Å². The van der Waals surface area contributed by atoms with Gasteiger partial charge in [-0.1, -0.05) is 0 Å². The molecule has 1 fully saturated rings. The lowest BCUT2D eigenvalue weighted by Crippen LogP contribution is -2.40. The van der Waals surface area contributed by atoms with Gasteiger partial charge in [-0.05, 0) is 24.3 Å². The second-order valence-corrected chi connectivity index (χ2v) is 3.95. The first kappa shape index (κ1) is 10.3. The number of aliphatic hydroxyl groups excluding tert-OH is 2. The summed E-state index contributed by atoms with van der Waals surface area (Å²) in [5.41, 5.74) is 0.346. The van der Waals surface area contributed by atoms with Crippen LogP contribution in [-0.4, -0.2) is 33.4 Å². The number of nitrogens with zero attached hydrogens (tertiary/aromatic N) is 1. The van der Waals surface area contributed by atoms with Crippen LogP contribution in [0.5, 0.6) is 0 Å². The number of hydrogen-bond donors (Lipinski definition) is 3. The van der Waals surface area contributed by atoms with Crippen molar-refractivity contribution in [1.29, 1.82) is 0 Å². The van der Waals surface area contributed by atoms with Crippen molar-refractivity contribution in [2.24, 2.45) is 11.8 Å². The molecule has 15 heavy (non-hydrogen) atoms. The monoisotopic (exact) mass is 210 g/mol. The Kier molecular flexibility index (Phi) is 2.83. The Balaban J connectivity index is 2.16. The third kappa shape index (κ3) is 1.80. The van der Waals surface area contributed by atoms with E-state index in [0.29, 0.717) is 5.69 Å². The van der Waals surface area contributed by atoms with E-state index in [9.17, 15) is 4.79 Å². The standard InChI is InChI=1S/C10H14N2O3/c13-4-6-3-7(8(6)5-14)9-1-2-11-10(15)12-9/h1-2,6-8,13-14H,3-5H2,(H,11,12,15). The Morgan fingerprint density at radius 1 is 1.47 bits per heavy atom. The molecule has 0 radical (unpaired) electrons. The van der Waals surface area contributed by atoms with Crippen LogP contribution in [0.1, 0.15) is 18.0 Å². The summed E-state index contributed by atoms with van der Waals surface area (Å²) >= 11 is 0. The molecule has 1 aromatic heterocycles. The highest BCUT2D eigenvalue weighted by Gasteiger charge is 2.41. The van der Waals surface area contributed by atoms with Gasteiger partial charge in [0.2, 0.25) is 0 Å². The molecule has 0 saturated heterocycles. The van der Waals surface area contributed by atoms with E-state index in [2.05, 4.69) is 9.97 Å². The quantitative estimate of drug-likeness (QED) is 0.626. The minimum Gasteiger partial charge on any atom is -0.396 e. The molecule has 3 atom stereocenters. The normalized spacial score (nSPS) is 29.9. The fraction of sp³-hybridized carbons (Fsp3) is 0.600. The van der Waals surface area contributed by atoms with Gasteiger partial charge in [0.05, 0.1) is 5.69 Å². The molecule has 1 aliphatic carbocycles. The Morgan fingerprint density at radius 2 is 2.27 bits per heavy atom. The summed E-state index contributed by atoms with van der Waals surface area (Å²) in [7, 11) is 0. The van der Waals surface area contributed by atoms with Gasteiger partial charge in [0, 0.05) is 25.3 Å². The summed E-state index contributed by atoms with van der Waals surface area (Å²) in [5, 5.41) is 18.2. The van der Waals surface area contributed by atoms with Crippen LogP contribution in [0.15, 0.2) is 17.1 Å². The van der Waals surface area contributed by atoms with Crippen molar-refractivity contribution in [3.63, 3.8) is 0 Å². The van der Waals surface area contributed by atoms with Crippen LogP contribution in [0.25, 0.3) is 0 Å². The maximum absolute atomic E-state index is 11.0. The Hall–Kier alpha value is -1.20. The second-order valence-electron chi connectivity index (χ2n) is 3.95. The average molecular weight is 210 g/mol. The molecular formula is C10H14N2O3. The van der Waals surface area contributed by atoms with E-state index in [1.165, 1.54) is 0 Å². The van der Waals surface area contributed by atoms with Gasteiger partial charge in [-0.2, -0.15) is 4.98 Å².